The van der Waals surface area contributed by atoms with Crippen molar-refractivity contribution in [2.24, 2.45) is 5.11 Å². The van der Waals surface area contributed by atoms with Gasteiger partial charge in [-0.2, -0.15) is 0 Å². The lowest BCUT2D eigenvalue weighted by atomic mass is 10.1. The predicted molar refractivity (Wildman–Crippen MR) is 64.0 cm³/mol. The number of amides is 1. The van der Waals surface area contributed by atoms with E-state index in [0.29, 0.717) is 6.42 Å². The summed E-state index contributed by atoms with van der Waals surface area (Å²) < 4.78 is 13.0. The summed E-state index contributed by atoms with van der Waals surface area (Å²) in [5.74, 6) is -1.48. The Bertz CT molecular complexity index is 542. The number of rotatable bonds is 6. The van der Waals surface area contributed by atoms with Gasteiger partial charge >= 0.3 is 0 Å². The molecule has 0 aliphatic rings. The highest BCUT2D eigenvalue weighted by molar-refractivity contribution is 5.98. The molecule has 1 aromatic carbocycles. The summed E-state index contributed by atoms with van der Waals surface area (Å²) in [6, 6.07) is 2.65. The van der Waals surface area contributed by atoms with Crippen LogP contribution >= 0.6 is 0 Å². The summed E-state index contributed by atoms with van der Waals surface area (Å²) in [5, 5.41) is 16.3. The standard InChI is InChI=1S/C10H10FN5O3/c11-7-2-3-9(16(18)19)8(6-7)10(17)13-4-1-5-14-15-12/h2-3,6H,1,4-5H2,(H,13,17). The monoisotopic (exact) mass is 267 g/mol. The van der Waals surface area contributed by atoms with E-state index < -0.39 is 22.3 Å². The Morgan fingerprint density at radius 1 is 1.58 bits per heavy atom. The fraction of sp³-hybridized carbons (Fsp3) is 0.300. The Kier molecular flexibility index (Phi) is 5.24. The van der Waals surface area contributed by atoms with Gasteiger partial charge in [-0.15, -0.1) is 0 Å². The van der Waals surface area contributed by atoms with Crippen LogP contribution in [0.3, 0.4) is 0 Å². The normalized spacial score (nSPS) is 9.53. The number of nitrogens with one attached hydrogen (secondary N) is 1. The van der Waals surface area contributed by atoms with Crippen molar-refractivity contribution >= 4 is 11.6 Å². The van der Waals surface area contributed by atoms with E-state index in [4.69, 9.17) is 5.53 Å². The van der Waals surface area contributed by atoms with E-state index in [-0.39, 0.29) is 18.7 Å². The van der Waals surface area contributed by atoms with Crippen LogP contribution in [0.2, 0.25) is 0 Å². The molecule has 0 unspecified atom stereocenters. The molecular weight excluding hydrogens is 257 g/mol. The average Bonchev–Trinajstić information content (AvgIpc) is 2.37. The molecule has 100 valence electrons. The molecule has 1 N–H and O–H groups in total. The third kappa shape index (κ3) is 4.25. The van der Waals surface area contributed by atoms with E-state index >= 15 is 0 Å². The zero-order valence-corrected chi connectivity index (χ0v) is 9.74. The van der Waals surface area contributed by atoms with Crippen LogP contribution in [-0.2, 0) is 0 Å². The van der Waals surface area contributed by atoms with Crippen molar-refractivity contribution < 1.29 is 14.1 Å². The average molecular weight is 267 g/mol. The molecule has 8 nitrogen and oxygen atoms in total. The summed E-state index contributed by atoms with van der Waals surface area (Å²) >= 11 is 0. The van der Waals surface area contributed by atoms with Crippen LogP contribution in [0.25, 0.3) is 10.4 Å². The summed E-state index contributed by atoms with van der Waals surface area (Å²) in [7, 11) is 0. The fourth-order valence-electron chi connectivity index (χ4n) is 1.34. The van der Waals surface area contributed by atoms with Crippen LogP contribution in [0.5, 0.6) is 0 Å². The molecular formula is C10H10FN5O3. The van der Waals surface area contributed by atoms with Gasteiger partial charge in [0.2, 0.25) is 0 Å². The van der Waals surface area contributed by atoms with Gasteiger partial charge in [-0.25, -0.2) is 4.39 Å². The van der Waals surface area contributed by atoms with Crippen LogP contribution in [0.15, 0.2) is 23.3 Å². The maximum absolute atomic E-state index is 13.0. The Morgan fingerprint density at radius 2 is 2.32 bits per heavy atom. The van der Waals surface area contributed by atoms with E-state index in [0.717, 1.165) is 18.2 Å². The maximum Gasteiger partial charge on any atom is 0.282 e. The van der Waals surface area contributed by atoms with Crippen molar-refractivity contribution in [1.29, 1.82) is 0 Å². The number of nitro benzene ring substituents is 1. The minimum absolute atomic E-state index is 0.172. The number of carbonyl (C=O) groups is 1. The molecule has 1 aromatic rings. The van der Waals surface area contributed by atoms with Gasteiger partial charge in [-0.3, -0.25) is 14.9 Å². The van der Waals surface area contributed by atoms with Gasteiger partial charge in [0, 0.05) is 24.1 Å². The van der Waals surface area contributed by atoms with Crippen molar-refractivity contribution in [1.82, 2.24) is 5.32 Å². The molecule has 0 radical (unpaired) electrons. The summed E-state index contributed by atoms with van der Waals surface area (Å²) in [6.45, 7) is 0.369. The topological polar surface area (TPSA) is 121 Å². The van der Waals surface area contributed by atoms with Gasteiger partial charge in [-0.1, -0.05) is 5.11 Å². The molecule has 0 fully saturated rings. The van der Waals surface area contributed by atoms with Crippen LogP contribution in [0.4, 0.5) is 10.1 Å². The van der Waals surface area contributed by atoms with Crippen LogP contribution < -0.4 is 5.32 Å². The third-order valence-corrected chi connectivity index (χ3v) is 2.18. The number of hydrogen-bond acceptors (Lipinski definition) is 4. The lowest BCUT2D eigenvalue weighted by Crippen LogP contribution is -2.25. The molecule has 9 heteroatoms. The van der Waals surface area contributed by atoms with Crippen molar-refractivity contribution in [3.63, 3.8) is 0 Å². The van der Waals surface area contributed by atoms with Gasteiger partial charge in [0.25, 0.3) is 11.6 Å². The number of halogens is 1. The van der Waals surface area contributed by atoms with Crippen LogP contribution in [-0.4, -0.2) is 23.9 Å². The quantitative estimate of drug-likeness (QED) is 0.212. The lowest BCUT2D eigenvalue weighted by Gasteiger charge is -2.04. The summed E-state index contributed by atoms with van der Waals surface area (Å²) in [5.41, 5.74) is 7.23. The summed E-state index contributed by atoms with van der Waals surface area (Å²) in [6.07, 6.45) is 0.388. The molecule has 0 spiro atoms. The van der Waals surface area contributed by atoms with Crippen molar-refractivity contribution in [2.75, 3.05) is 13.1 Å². The van der Waals surface area contributed by atoms with Gasteiger partial charge in [0.1, 0.15) is 11.4 Å². The Morgan fingerprint density at radius 3 is 2.95 bits per heavy atom. The highest BCUT2D eigenvalue weighted by Crippen LogP contribution is 2.19. The van der Waals surface area contributed by atoms with Crippen molar-refractivity contribution in [3.05, 3.63) is 50.1 Å². The molecule has 19 heavy (non-hydrogen) atoms. The minimum Gasteiger partial charge on any atom is -0.352 e. The van der Waals surface area contributed by atoms with E-state index in [9.17, 15) is 19.3 Å². The number of nitro groups is 1. The van der Waals surface area contributed by atoms with Crippen LogP contribution in [0, 0.1) is 15.9 Å². The zero-order chi connectivity index (χ0) is 14.3. The predicted octanol–water partition coefficient (Wildman–Crippen LogP) is 2.16. The number of hydrogen-bond donors (Lipinski definition) is 1. The van der Waals surface area contributed by atoms with Crippen molar-refractivity contribution in [2.45, 2.75) is 6.42 Å². The van der Waals surface area contributed by atoms with Gasteiger partial charge in [0.15, 0.2) is 0 Å². The minimum atomic E-state index is -0.756. The van der Waals surface area contributed by atoms with Crippen molar-refractivity contribution in [3.8, 4) is 0 Å². The molecule has 1 amide bonds. The zero-order valence-electron chi connectivity index (χ0n) is 9.74. The number of azide groups is 1. The lowest BCUT2D eigenvalue weighted by molar-refractivity contribution is -0.385. The second kappa shape index (κ2) is 6.92. The molecule has 0 heterocycles. The Labute approximate surface area is 107 Å². The van der Waals surface area contributed by atoms with E-state index in [1.165, 1.54) is 0 Å². The number of carbonyl (C=O) groups excluding carboxylic acids is 1. The highest BCUT2D eigenvalue weighted by Gasteiger charge is 2.20. The largest absolute Gasteiger partial charge is 0.352 e. The third-order valence-electron chi connectivity index (χ3n) is 2.18. The van der Waals surface area contributed by atoms with Gasteiger partial charge < -0.3 is 5.32 Å². The van der Waals surface area contributed by atoms with E-state index in [2.05, 4.69) is 15.3 Å². The SMILES string of the molecule is [N-]=[N+]=NCCCNC(=O)c1cc(F)ccc1[N+](=O)[O-]. The number of benzene rings is 1. The molecule has 0 saturated carbocycles. The smallest absolute Gasteiger partial charge is 0.282 e. The van der Waals surface area contributed by atoms with E-state index in [1.54, 1.807) is 0 Å². The molecule has 0 saturated heterocycles. The first-order chi connectivity index (χ1) is 9.06. The second-order valence-electron chi connectivity index (χ2n) is 3.48. The molecule has 0 atom stereocenters. The molecule has 1 rings (SSSR count). The van der Waals surface area contributed by atoms with Crippen LogP contribution in [0.1, 0.15) is 16.8 Å². The second-order valence-corrected chi connectivity index (χ2v) is 3.48. The molecule has 0 bridgehead atoms. The van der Waals surface area contributed by atoms with Gasteiger partial charge in [0.05, 0.1) is 4.92 Å². The summed E-state index contributed by atoms with van der Waals surface area (Å²) in [4.78, 5) is 24.1. The maximum atomic E-state index is 13.0. The first-order valence-corrected chi connectivity index (χ1v) is 5.29. The molecule has 0 aromatic heterocycles. The first kappa shape index (κ1) is 14.4. The molecule has 0 aliphatic carbocycles. The highest BCUT2D eigenvalue weighted by atomic mass is 19.1. The van der Waals surface area contributed by atoms with Gasteiger partial charge in [-0.05, 0) is 24.1 Å². The Balaban J connectivity index is 2.73. The number of nitrogens with zero attached hydrogens (tertiary/aromatic N) is 4. The molecule has 0 aliphatic heterocycles. The van der Waals surface area contributed by atoms with E-state index in [1.807, 2.05) is 0 Å². The fourth-order valence-corrected chi connectivity index (χ4v) is 1.34. The first-order valence-electron chi connectivity index (χ1n) is 5.29. The Hall–Kier alpha value is -2.67.